The molecule has 23 heavy (non-hydrogen) atoms. The van der Waals surface area contributed by atoms with Crippen LogP contribution in [0.1, 0.15) is 16.7 Å². The molecule has 0 atom stereocenters. The maximum absolute atomic E-state index is 12.2. The fourth-order valence-corrected chi connectivity index (χ4v) is 2.84. The lowest BCUT2D eigenvalue weighted by Gasteiger charge is -2.09. The molecule has 0 radical (unpaired) electrons. The number of carbonyl (C=O) groups excluding carboxylic acids is 1. The summed E-state index contributed by atoms with van der Waals surface area (Å²) < 4.78 is 1.08. The summed E-state index contributed by atoms with van der Waals surface area (Å²) in [6.45, 7) is 2.58. The van der Waals surface area contributed by atoms with Crippen molar-refractivity contribution in [3.8, 4) is 0 Å². The van der Waals surface area contributed by atoms with Gasteiger partial charge >= 0.3 is 0 Å². The van der Waals surface area contributed by atoms with Gasteiger partial charge in [-0.25, -0.2) is 0 Å². The highest BCUT2D eigenvalue weighted by atomic mass is 79.9. The Bertz CT molecular complexity index is 856. The molecule has 3 nitrogen and oxygen atoms in total. The van der Waals surface area contributed by atoms with Gasteiger partial charge in [0, 0.05) is 28.8 Å². The van der Waals surface area contributed by atoms with Crippen LogP contribution in [0, 0.1) is 6.92 Å². The summed E-state index contributed by atoms with van der Waals surface area (Å²) in [5.74, 6) is 0.0230. The number of hydrogen-bond acceptors (Lipinski definition) is 2. The molecule has 1 heterocycles. The number of aryl methyl sites for hydroxylation is 1. The van der Waals surface area contributed by atoms with Gasteiger partial charge in [0.25, 0.3) is 0 Å². The number of fused-ring (bicyclic) bond motifs is 1. The van der Waals surface area contributed by atoms with E-state index in [0.29, 0.717) is 13.0 Å². The van der Waals surface area contributed by atoms with Gasteiger partial charge in [0.1, 0.15) is 0 Å². The third-order valence-corrected chi connectivity index (χ3v) is 4.72. The minimum Gasteiger partial charge on any atom is -0.352 e. The fraction of sp³-hybridized carbons (Fsp3) is 0.158. The molecule has 1 N–H and O–H groups in total. The van der Waals surface area contributed by atoms with Crippen LogP contribution in [-0.4, -0.2) is 10.9 Å². The minimum absolute atomic E-state index is 0.0230. The van der Waals surface area contributed by atoms with Crippen LogP contribution in [0.5, 0.6) is 0 Å². The van der Waals surface area contributed by atoms with Crippen molar-refractivity contribution in [1.29, 1.82) is 0 Å². The summed E-state index contributed by atoms with van der Waals surface area (Å²) >= 11 is 3.48. The summed E-state index contributed by atoms with van der Waals surface area (Å²) in [5, 5.41) is 5.13. The Kier molecular flexibility index (Phi) is 4.72. The number of nitrogens with zero attached hydrogens (tertiary/aromatic N) is 1. The van der Waals surface area contributed by atoms with Crippen molar-refractivity contribution in [1.82, 2.24) is 10.3 Å². The zero-order valence-electron chi connectivity index (χ0n) is 12.8. The predicted octanol–water partition coefficient (Wildman–Crippen LogP) is 4.16. The molecule has 1 aromatic heterocycles. The van der Waals surface area contributed by atoms with Gasteiger partial charge in [-0.05, 0) is 41.1 Å². The number of pyridine rings is 1. The van der Waals surface area contributed by atoms with Crippen molar-refractivity contribution in [2.24, 2.45) is 0 Å². The Balaban J connectivity index is 1.68. The van der Waals surface area contributed by atoms with Crippen molar-refractivity contribution in [2.75, 3.05) is 0 Å². The monoisotopic (exact) mass is 368 g/mol. The molecule has 0 aliphatic carbocycles. The maximum Gasteiger partial charge on any atom is 0.224 e. The van der Waals surface area contributed by atoms with Crippen LogP contribution in [0.3, 0.4) is 0 Å². The van der Waals surface area contributed by atoms with Crippen LogP contribution >= 0.6 is 15.9 Å². The van der Waals surface area contributed by atoms with Gasteiger partial charge in [0.05, 0.1) is 6.42 Å². The zero-order chi connectivity index (χ0) is 16.2. The van der Waals surface area contributed by atoms with Crippen molar-refractivity contribution in [2.45, 2.75) is 19.9 Å². The van der Waals surface area contributed by atoms with E-state index in [2.05, 4.69) is 32.3 Å². The summed E-state index contributed by atoms with van der Waals surface area (Å²) in [6.07, 6.45) is 3.95. The van der Waals surface area contributed by atoms with E-state index in [4.69, 9.17) is 0 Å². The van der Waals surface area contributed by atoms with Crippen LogP contribution in [0.15, 0.2) is 59.3 Å². The molecule has 3 rings (SSSR count). The molecule has 2 aromatic carbocycles. The number of nitrogens with one attached hydrogen (secondary N) is 1. The summed E-state index contributed by atoms with van der Waals surface area (Å²) in [5.41, 5.74) is 3.29. The average molecular weight is 369 g/mol. The van der Waals surface area contributed by atoms with Gasteiger partial charge in [0.2, 0.25) is 5.91 Å². The quantitative estimate of drug-likeness (QED) is 0.750. The lowest BCUT2D eigenvalue weighted by atomic mass is 10.0. The minimum atomic E-state index is 0.0230. The Morgan fingerprint density at radius 3 is 2.91 bits per heavy atom. The Labute approximate surface area is 143 Å². The zero-order valence-corrected chi connectivity index (χ0v) is 14.4. The lowest BCUT2D eigenvalue weighted by Crippen LogP contribution is -2.24. The third-order valence-electron chi connectivity index (χ3n) is 3.83. The summed E-state index contributed by atoms with van der Waals surface area (Å²) in [6, 6.07) is 14.0. The number of amides is 1. The highest BCUT2D eigenvalue weighted by molar-refractivity contribution is 9.10. The van der Waals surface area contributed by atoms with Crippen molar-refractivity contribution < 1.29 is 4.79 Å². The number of rotatable bonds is 4. The average Bonchev–Trinajstić information content (AvgIpc) is 2.56. The van der Waals surface area contributed by atoms with Crippen LogP contribution in [0.25, 0.3) is 10.8 Å². The molecule has 0 bridgehead atoms. The number of carbonyl (C=O) groups is 1. The lowest BCUT2D eigenvalue weighted by molar-refractivity contribution is -0.120. The third kappa shape index (κ3) is 3.77. The first kappa shape index (κ1) is 15.7. The van der Waals surface area contributed by atoms with E-state index in [-0.39, 0.29) is 5.91 Å². The van der Waals surface area contributed by atoms with Gasteiger partial charge in [-0.1, -0.05) is 46.3 Å². The molecule has 4 heteroatoms. The Morgan fingerprint density at radius 1 is 1.22 bits per heavy atom. The van der Waals surface area contributed by atoms with Gasteiger partial charge in [0.15, 0.2) is 0 Å². The molecule has 0 spiro atoms. The molecular weight excluding hydrogens is 352 g/mol. The normalized spacial score (nSPS) is 10.7. The van der Waals surface area contributed by atoms with Crippen LogP contribution in [0.2, 0.25) is 0 Å². The molecule has 0 aliphatic rings. The van der Waals surface area contributed by atoms with E-state index in [0.717, 1.165) is 26.4 Å². The van der Waals surface area contributed by atoms with Gasteiger partial charge in [-0.2, -0.15) is 0 Å². The number of hydrogen-bond donors (Lipinski definition) is 1. The van der Waals surface area contributed by atoms with Gasteiger partial charge < -0.3 is 5.32 Å². The van der Waals surface area contributed by atoms with E-state index in [9.17, 15) is 4.79 Å². The van der Waals surface area contributed by atoms with Crippen molar-refractivity contribution in [3.63, 3.8) is 0 Å². The van der Waals surface area contributed by atoms with E-state index < -0.39 is 0 Å². The predicted molar refractivity (Wildman–Crippen MR) is 96.2 cm³/mol. The summed E-state index contributed by atoms with van der Waals surface area (Å²) in [4.78, 5) is 16.4. The SMILES string of the molecule is Cc1cc(CNC(=O)Cc2cccc3cnccc23)ccc1Br. The fourth-order valence-electron chi connectivity index (χ4n) is 2.60. The van der Waals surface area contributed by atoms with Gasteiger partial charge in [-0.3, -0.25) is 9.78 Å². The second-order valence-corrected chi connectivity index (χ2v) is 6.41. The second kappa shape index (κ2) is 6.92. The molecule has 0 unspecified atom stereocenters. The molecule has 0 saturated carbocycles. The molecule has 0 aliphatic heterocycles. The molecule has 0 fully saturated rings. The van der Waals surface area contributed by atoms with Crippen LogP contribution < -0.4 is 5.32 Å². The van der Waals surface area contributed by atoms with E-state index in [1.807, 2.05) is 49.5 Å². The number of benzene rings is 2. The summed E-state index contributed by atoms with van der Waals surface area (Å²) in [7, 11) is 0. The molecule has 3 aromatic rings. The van der Waals surface area contributed by atoms with E-state index in [1.54, 1.807) is 6.20 Å². The largest absolute Gasteiger partial charge is 0.352 e. The Hall–Kier alpha value is -2.20. The molecular formula is C19H17BrN2O. The first-order valence-corrected chi connectivity index (χ1v) is 8.26. The number of aromatic nitrogens is 1. The molecule has 116 valence electrons. The maximum atomic E-state index is 12.2. The topological polar surface area (TPSA) is 42.0 Å². The van der Waals surface area contributed by atoms with Crippen LogP contribution in [-0.2, 0) is 17.8 Å². The van der Waals surface area contributed by atoms with Gasteiger partial charge in [-0.15, -0.1) is 0 Å². The highest BCUT2D eigenvalue weighted by Gasteiger charge is 2.07. The first-order valence-electron chi connectivity index (χ1n) is 7.47. The smallest absolute Gasteiger partial charge is 0.224 e. The Morgan fingerprint density at radius 2 is 2.09 bits per heavy atom. The molecule has 1 amide bonds. The van der Waals surface area contributed by atoms with E-state index in [1.165, 1.54) is 5.56 Å². The number of halogens is 1. The first-order chi connectivity index (χ1) is 11.1. The van der Waals surface area contributed by atoms with E-state index >= 15 is 0 Å². The van der Waals surface area contributed by atoms with Crippen molar-refractivity contribution >= 4 is 32.6 Å². The highest BCUT2D eigenvalue weighted by Crippen LogP contribution is 2.19. The van der Waals surface area contributed by atoms with Crippen LogP contribution in [0.4, 0.5) is 0 Å². The molecule has 0 saturated heterocycles. The van der Waals surface area contributed by atoms with Crippen molar-refractivity contribution in [3.05, 3.63) is 76.0 Å². The standard InChI is InChI=1S/C19H17BrN2O/c1-13-9-14(5-6-18(13)20)11-22-19(23)10-15-3-2-4-16-12-21-8-7-17(15)16/h2-9,12H,10-11H2,1H3,(H,22,23). The second-order valence-electron chi connectivity index (χ2n) is 5.55.